The van der Waals surface area contributed by atoms with Gasteiger partial charge < -0.3 is 15.0 Å². The van der Waals surface area contributed by atoms with Crippen LogP contribution in [0.15, 0.2) is 65.6 Å². The van der Waals surface area contributed by atoms with E-state index in [1.807, 2.05) is 49.4 Å². The van der Waals surface area contributed by atoms with Gasteiger partial charge in [-0.05, 0) is 54.8 Å². The van der Waals surface area contributed by atoms with E-state index in [-0.39, 0.29) is 23.8 Å². The topological polar surface area (TPSA) is 88.4 Å². The Morgan fingerprint density at radius 2 is 1.73 bits per heavy atom. The normalized spacial score (nSPS) is 11.4. The smallest absolute Gasteiger partial charge is 0.222 e. The summed E-state index contributed by atoms with van der Waals surface area (Å²) in [4.78, 5) is 11.9. The highest BCUT2D eigenvalue weighted by Crippen LogP contribution is 2.30. The molecule has 6 nitrogen and oxygen atoms in total. The number of amides is 1. The zero-order valence-electron chi connectivity index (χ0n) is 17.1. The van der Waals surface area contributed by atoms with Crippen molar-refractivity contribution in [2.45, 2.75) is 24.7 Å². The first-order valence-electron chi connectivity index (χ1n) is 9.76. The van der Waals surface area contributed by atoms with Crippen LogP contribution in [0.5, 0.6) is 0 Å². The molecule has 7 heteroatoms. The van der Waals surface area contributed by atoms with E-state index in [0.29, 0.717) is 13.0 Å². The van der Waals surface area contributed by atoms with Gasteiger partial charge in [-0.3, -0.25) is 4.79 Å². The van der Waals surface area contributed by atoms with Crippen molar-refractivity contribution in [2.24, 2.45) is 0 Å². The second-order valence-corrected chi connectivity index (χ2v) is 9.20. The van der Waals surface area contributed by atoms with Crippen molar-refractivity contribution < 1.29 is 18.3 Å². The van der Waals surface area contributed by atoms with Crippen molar-refractivity contribution in [3.05, 3.63) is 71.9 Å². The number of nitrogens with one attached hydrogen (secondary N) is 1. The minimum absolute atomic E-state index is 0.0992. The number of hydrogen-bond donors (Lipinski definition) is 2. The van der Waals surface area contributed by atoms with Crippen LogP contribution in [-0.4, -0.2) is 43.4 Å². The Morgan fingerprint density at radius 3 is 2.33 bits per heavy atom. The van der Waals surface area contributed by atoms with Gasteiger partial charge in [-0.25, -0.2) is 8.42 Å². The molecule has 0 spiro atoms. The van der Waals surface area contributed by atoms with Crippen LogP contribution in [-0.2, 0) is 21.1 Å². The van der Waals surface area contributed by atoms with Crippen molar-refractivity contribution in [1.29, 1.82) is 0 Å². The number of para-hydroxylation sites is 1. The van der Waals surface area contributed by atoms with E-state index in [4.69, 9.17) is 5.11 Å². The first-order chi connectivity index (χ1) is 14.3. The summed E-state index contributed by atoms with van der Waals surface area (Å²) >= 11 is 0. The standard InChI is InChI=1S/C23H26N2O4S/c1-17-19(12-14-24-23(27)13-15-26)16-22(25(17)20-6-4-3-5-7-20)18-8-10-21(11-9-18)30(2,28)29/h3-11,16,26H,12-15H2,1-2H3,(H,24,27). The van der Waals surface area contributed by atoms with E-state index in [9.17, 15) is 13.2 Å². The molecule has 2 N–H and O–H groups in total. The van der Waals surface area contributed by atoms with Crippen LogP contribution in [0, 0.1) is 6.92 Å². The van der Waals surface area contributed by atoms with Crippen LogP contribution in [0.4, 0.5) is 0 Å². The summed E-state index contributed by atoms with van der Waals surface area (Å²) in [5.41, 5.74) is 5.01. The molecule has 0 atom stereocenters. The maximum Gasteiger partial charge on any atom is 0.222 e. The molecule has 3 aromatic rings. The molecular weight excluding hydrogens is 400 g/mol. The molecule has 0 aliphatic heterocycles. The van der Waals surface area contributed by atoms with Gasteiger partial charge in [0, 0.05) is 30.6 Å². The predicted molar refractivity (Wildman–Crippen MR) is 117 cm³/mol. The lowest BCUT2D eigenvalue weighted by Gasteiger charge is -2.13. The molecule has 1 amide bonds. The Balaban J connectivity index is 1.98. The molecule has 158 valence electrons. The fourth-order valence-corrected chi connectivity index (χ4v) is 4.06. The highest BCUT2D eigenvalue weighted by molar-refractivity contribution is 7.90. The van der Waals surface area contributed by atoms with Gasteiger partial charge in [0.1, 0.15) is 0 Å². The molecule has 0 aliphatic carbocycles. The van der Waals surface area contributed by atoms with Crippen molar-refractivity contribution in [3.63, 3.8) is 0 Å². The number of aliphatic hydroxyl groups is 1. The summed E-state index contributed by atoms with van der Waals surface area (Å²) in [7, 11) is -3.26. The third-order valence-corrected chi connectivity index (χ3v) is 6.13. The second-order valence-electron chi connectivity index (χ2n) is 7.18. The highest BCUT2D eigenvalue weighted by atomic mass is 32.2. The number of sulfone groups is 1. The molecule has 1 heterocycles. The minimum Gasteiger partial charge on any atom is -0.396 e. The lowest BCUT2D eigenvalue weighted by molar-refractivity contribution is -0.121. The number of rotatable bonds is 8. The quantitative estimate of drug-likeness (QED) is 0.580. The summed E-state index contributed by atoms with van der Waals surface area (Å²) < 4.78 is 25.7. The summed E-state index contributed by atoms with van der Waals surface area (Å²) in [6, 6.07) is 18.9. The fraction of sp³-hybridized carbons (Fsp3) is 0.261. The van der Waals surface area contributed by atoms with E-state index >= 15 is 0 Å². The van der Waals surface area contributed by atoms with Crippen molar-refractivity contribution >= 4 is 15.7 Å². The van der Waals surface area contributed by atoms with Gasteiger partial charge >= 0.3 is 0 Å². The first kappa shape index (κ1) is 21.8. The largest absolute Gasteiger partial charge is 0.396 e. The van der Waals surface area contributed by atoms with Crippen LogP contribution in [0.1, 0.15) is 17.7 Å². The van der Waals surface area contributed by atoms with Crippen LogP contribution in [0.25, 0.3) is 16.9 Å². The molecule has 0 saturated carbocycles. The van der Waals surface area contributed by atoms with Gasteiger partial charge in [0.25, 0.3) is 0 Å². The Bertz CT molecular complexity index is 1120. The molecule has 0 saturated heterocycles. The van der Waals surface area contributed by atoms with E-state index in [0.717, 1.165) is 28.2 Å². The molecule has 0 unspecified atom stereocenters. The molecule has 0 bridgehead atoms. The minimum atomic E-state index is -3.26. The number of aliphatic hydroxyl groups excluding tert-OH is 1. The summed E-state index contributed by atoms with van der Waals surface area (Å²) in [5.74, 6) is -0.172. The third-order valence-electron chi connectivity index (χ3n) is 5.00. The highest BCUT2D eigenvalue weighted by Gasteiger charge is 2.16. The van der Waals surface area contributed by atoms with Gasteiger partial charge in [0.15, 0.2) is 9.84 Å². The van der Waals surface area contributed by atoms with E-state index in [2.05, 4.69) is 16.0 Å². The van der Waals surface area contributed by atoms with Crippen molar-refractivity contribution in [2.75, 3.05) is 19.4 Å². The zero-order valence-corrected chi connectivity index (χ0v) is 17.9. The lowest BCUT2D eigenvalue weighted by Crippen LogP contribution is -2.26. The van der Waals surface area contributed by atoms with Crippen molar-refractivity contribution in [1.82, 2.24) is 9.88 Å². The van der Waals surface area contributed by atoms with Crippen molar-refractivity contribution in [3.8, 4) is 16.9 Å². The Hall–Kier alpha value is -2.90. The Labute approximate surface area is 177 Å². The fourth-order valence-electron chi connectivity index (χ4n) is 3.43. The number of carbonyl (C=O) groups excluding carboxylic acids is 1. The molecule has 0 aliphatic rings. The summed E-state index contributed by atoms with van der Waals surface area (Å²) in [5, 5.41) is 11.7. The van der Waals surface area contributed by atoms with Crippen LogP contribution in [0.2, 0.25) is 0 Å². The number of hydrogen-bond acceptors (Lipinski definition) is 4. The summed E-state index contributed by atoms with van der Waals surface area (Å²) in [6.07, 6.45) is 1.95. The monoisotopic (exact) mass is 426 g/mol. The van der Waals surface area contributed by atoms with Gasteiger partial charge in [0.05, 0.1) is 17.2 Å². The Morgan fingerprint density at radius 1 is 1.07 bits per heavy atom. The molecule has 30 heavy (non-hydrogen) atoms. The summed E-state index contributed by atoms with van der Waals surface area (Å²) in [6.45, 7) is 2.35. The van der Waals surface area contributed by atoms with E-state index in [1.54, 1.807) is 12.1 Å². The number of nitrogens with zero attached hydrogens (tertiary/aromatic N) is 1. The zero-order chi connectivity index (χ0) is 21.7. The van der Waals surface area contributed by atoms with E-state index < -0.39 is 9.84 Å². The van der Waals surface area contributed by atoms with Gasteiger partial charge in [-0.2, -0.15) is 0 Å². The lowest BCUT2D eigenvalue weighted by atomic mass is 10.1. The molecular formula is C23H26N2O4S. The molecule has 1 aromatic heterocycles. The molecule has 3 rings (SSSR count). The average molecular weight is 427 g/mol. The molecule has 0 radical (unpaired) electrons. The molecule has 0 fully saturated rings. The maximum atomic E-state index is 11.8. The molecule has 2 aromatic carbocycles. The van der Waals surface area contributed by atoms with Crippen LogP contribution < -0.4 is 5.32 Å². The number of carbonyl (C=O) groups is 1. The first-order valence-corrected chi connectivity index (χ1v) is 11.6. The predicted octanol–water partition coefficient (Wildman–Crippen LogP) is 2.90. The number of aromatic nitrogens is 1. The second kappa shape index (κ2) is 9.28. The van der Waals surface area contributed by atoms with Gasteiger partial charge in [-0.1, -0.05) is 30.3 Å². The van der Waals surface area contributed by atoms with Gasteiger partial charge in [-0.15, -0.1) is 0 Å². The SMILES string of the molecule is Cc1c(CCNC(=O)CCO)cc(-c2ccc(S(C)(=O)=O)cc2)n1-c1ccccc1. The van der Waals surface area contributed by atoms with Crippen LogP contribution in [0.3, 0.4) is 0 Å². The maximum absolute atomic E-state index is 11.8. The third kappa shape index (κ3) is 4.98. The number of benzene rings is 2. The van der Waals surface area contributed by atoms with Gasteiger partial charge in [0.2, 0.25) is 5.91 Å². The van der Waals surface area contributed by atoms with E-state index in [1.165, 1.54) is 6.26 Å². The van der Waals surface area contributed by atoms with Crippen LogP contribution >= 0.6 is 0 Å². The average Bonchev–Trinajstić information content (AvgIpc) is 3.05. The Kier molecular flexibility index (Phi) is 6.74.